The van der Waals surface area contributed by atoms with Crippen LogP contribution in [0.4, 0.5) is 0 Å². The van der Waals surface area contributed by atoms with Gasteiger partial charge in [0.1, 0.15) is 11.1 Å². The van der Waals surface area contributed by atoms with E-state index in [1.807, 2.05) is 42.5 Å². The summed E-state index contributed by atoms with van der Waals surface area (Å²) in [5, 5.41) is 11.0. The van der Waals surface area contributed by atoms with E-state index in [1.165, 1.54) is 22.3 Å². The van der Waals surface area contributed by atoms with E-state index in [0.717, 1.165) is 40.4 Å². The molecule has 0 amide bonds. The lowest BCUT2D eigenvalue weighted by Crippen LogP contribution is -2.00. The van der Waals surface area contributed by atoms with E-state index >= 15 is 0 Å². The van der Waals surface area contributed by atoms with E-state index in [0.29, 0.717) is 5.56 Å². The molecule has 3 heteroatoms. The molecule has 1 aromatic heterocycles. The number of pyridine rings is 1. The Morgan fingerprint density at radius 2 is 1.50 bits per heavy atom. The third-order valence-electron chi connectivity index (χ3n) is 5.75. The summed E-state index contributed by atoms with van der Waals surface area (Å²) in [4.78, 5) is 5.08. The Hall–Kier alpha value is -3.61. The van der Waals surface area contributed by atoms with Gasteiger partial charge in [0.25, 0.3) is 0 Å². The maximum atomic E-state index is 10.2. The molecule has 2 nitrogen and oxygen atoms in total. The summed E-state index contributed by atoms with van der Waals surface area (Å²) in [7, 11) is 0. The van der Waals surface area contributed by atoms with Gasteiger partial charge in [0, 0.05) is 11.3 Å². The van der Waals surface area contributed by atoms with Gasteiger partial charge in [-0.2, -0.15) is 5.26 Å². The third-order valence-corrected chi connectivity index (χ3v) is 6.79. The Kier molecular flexibility index (Phi) is 5.87. The first-order valence-corrected chi connectivity index (χ1v) is 11.8. The Bertz CT molecular complexity index is 1300. The molecule has 32 heavy (non-hydrogen) atoms. The normalized spacial score (nSPS) is 13.7. The predicted octanol–water partition coefficient (Wildman–Crippen LogP) is 7.40. The molecule has 0 bridgehead atoms. The summed E-state index contributed by atoms with van der Waals surface area (Å²) in [6.07, 6.45) is 4.09. The summed E-state index contributed by atoms with van der Waals surface area (Å²) < 4.78 is 0. The van der Waals surface area contributed by atoms with Crippen LogP contribution in [0.2, 0.25) is 0 Å². The van der Waals surface area contributed by atoms with Crippen molar-refractivity contribution in [3.8, 4) is 17.2 Å². The topological polar surface area (TPSA) is 36.7 Å². The lowest BCUT2D eigenvalue weighted by atomic mass is 9.95. The first-order chi connectivity index (χ1) is 15.8. The molecule has 0 N–H and O–H groups in total. The second-order valence-electron chi connectivity index (χ2n) is 7.83. The molecule has 154 valence electrons. The summed E-state index contributed by atoms with van der Waals surface area (Å²) in [6.45, 7) is 0. The van der Waals surface area contributed by atoms with Crippen molar-refractivity contribution in [2.45, 2.75) is 23.6 Å². The van der Waals surface area contributed by atoms with Gasteiger partial charge in [0.15, 0.2) is 0 Å². The summed E-state index contributed by atoms with van der Waals surface area (Å²) in [6, 6.07) is 33.5. The monoisotopic (exact) mass is 430 g/mol. The molecule has 3 aromatic carbocycles. The van der Waals surface area contributed by atoms with Crippen molar-refractivity contribution in [2.75, 3.05) is 0 Å². The highest BCUT2D eigenvalue weighted by Gasteiger charge is 2.27. The minimum absolute atomic E-state index is 0.692. The lowest BCUT2D eigenvalue weighted by Gasteiger charge is -2.15. The average molecular weight is 431 g/mol. The molecule has 1 aliphatic carbocycles. The maximum absolute atomic E-state index is 10.2. The van der Waals surface area contributed by atoms with E-state index in [9.17, 15) is 5.26 Å². The zero-order chi connectivity index (χ0) is 21.8. The molecule has 0 radical (unpaired) electrons. The van der Waals surface area contributed by atoms with E-state index in [4.69, 9.17) is 4.98 Å². The fourth-order valence-electron chi connectivity index (χ4n) is 4.24. The first kappa shape index (κ1) is 20.3. The molecular formula is C29H22N2S. The van der Waals surface area contributed by atoms with Gasteiger partial charge in [0.05, 0.1) is 11.3 Å². The molecule has 1 heterocycles. The van der Waals surface area contributed by atoms with Gasteiger partial charge in [-0.1, -0.05) is 91.0 Å². The molecule has 0 saturated carbocycles. The number of hydrogen-bond donors (Lipinski definition) is 0. The summed E-state index contributed by atoms with van der Waals surface area (Å²) in [5.74, 6) is 0.785. The van der Waals surface area contributed by atoms with Crippen molar-refractivity contribution in [1.82, 2.24) is 4.98 Å². The van der Waals surface area contributed by atoms with Gasteiger partial charge in [-0.15, -0.1) is 11.8 Å². The second-order valence-corrected chi connectivity index (χ2v) is 8.79. The average Bonchev–Trinajstić information content (AvgIpc) is 3.25. The van der Waals surface area contributed by atoms with Crippen molar-refractivity contribution in [2.24, 2.45) is 0 Å². The highest BCUT2D eigenvalue weighted by Crippen LogP contribution is 2.43. The van der Waals surface area contributed by atoms with Crippen molar-refractivity contribution < 1.29 is 0 Å². The number of thioether (sulfide) groups is 1. The number of nitrogens with zero attached hydrogens (tertiary/aromatic N) is 2. The molecule has 0 unspecified atom stereocenters. The zero-order valence-corrected chi connectivity index (χ0v) is 18.5. The Morgan fingerprint density at radius 3 is 2.19 bits per heavy atom. The number of benzene rings is 3. The predicted molar refractivity (Wildman–Crippen MR) is 133 cm³/mol. The van der Waals surface area contributed by atoms with Crippen molar-refractivity contribution in [3.05, 3.63) is 119 Å². The standard InChI is InChI=1S/C29H22N2S/c30-19-26-27(23-14-8-3-9-15-23)25-17-16-24(18-21-10-4-1-5-11-21)28(25)31-29(26)32-20-22-12-6-2-7-13-22/h1-15,18H,16-17,20H2/b24-18-. The van der Waals surface area contributed by atoms with Crippen LogP contribution in [0.5, 0.6) is 0 Å². The Morgan fingerprint density at radius 1 is 0.844 bits per heavy atom. The van der Waals surface area contributed by atoms with E-state index in [2.05, 4.69) is 60.7 Å². The van der Waals surface area contributed by atoms with Crippen LogP contribution in [0.25, 0.3) is 22.8 Å². The maximum Gasteiger partial charge on any atom is 0.115 e. The minimum Gasteiger partial charge on any atom is -0.240 e. The number of rotatable bonds is 5. The fourth-order valence-corrected chi connectivity index (χ4v) is 5.18. The summed E-state index contributed by atoms with van der Waals surface area (Å²) >= 11 is 1.65. The number of hydrogen-bond acceptors (Lipinski definition) is 3. The van der Waals surface area contributed by atoms with Gasteiger partial charge in [-0.25, -0.2) is 4.98 Å². The summed E-state index contributed by atoms with van der Waals surface area (Å²) in [5.41, 5.74) is 8.72. The second kappa shape index (κ2) is 9.26. The van der Waals surface area contributed by atoms with Crippen LogP contribution in [-0.4, -0.2) is 4.98 Å². The van der Waals surface area contributed by atoms with Gasteiger partial charge in [-0.05, 0) is 46.7 Å². The molecule has 5 rings (SSSR count). The van der Waals surface area contributed by atoms with Crippen LogP contribution in [0.15, 0.2) is 96.0 Å². The number of fused-ring (bicyclic) bond motifs is 1. The molecule has 0 fully saturated rings. The lowest BCUT2D eigenvalue weighted by molar-refractivity contribution is 1.05. The molecule has 0 saturated heterocycles. The molecule has 0 spiro atoms. The van der Waals surface area contributed by atoms with Crippen LogP contribution in [0, 0.1) is 11.3 Å². The Labute approximate surface area is 193 Å². The van der Waals surface area contributed by atoms with Gasteiger partial charge in [0.2, 0.25) is 0 Å². The molecule has 0 aliphatic heterocycles. The first-order valence-electron chi connectivity index (χ1n) is 10.8. The molecule has 1 aliphatic rings. The highest BCUT2D eigenvalue weighted by atomic mass is 32.2. The Balaban J connectivity index is 1.65. The minimum atomic E-state index is 0.692. The van der Waals surface area contributed by atoms with Crippen LogP contribution in [0.3, 0.4) is 0 Å². The SMILES string of the molecule is N#Cc1c(SCc2ccccc2)nc2c(c1-c1ccccc1)CC/C2=C/c1ccccc1. The van der Waals surface area contributed by atoms with Gasteiger partial charge in [-0.3, -0.25) is 0 Å². The van der Waals surface area contributed by atoms with Gasteiger partial charge < -0.3 is 0 Å². The number of aromatic nitrogens is 1. The van der Waals surface area contributed by atoms with E-state index in [-0.39, 0.29) is 0 Å². The zero-order valence-electron chi connectivity index (χ0n) is 17.7. The largest absolute Gasteiger partial charge is 0.240 e. The van der Waals surface area contributed by atoms with Gasteiger partial charge >= 0.3 is 0 Å². The molecule has 4 aromatic rings. The van der Waals surface area contributed by atoms with Crippen molar-refractivity contribution in [3.63, 3.8) is 0 Å². The molecule has 0 atom stereocenters. The molecular weight excluding hydrogens is 408 g/mol. The quantitative estimate of drug-likeness (QED) is 0.310. The van der Waals surface area contributed by atoms with Crippen LogP contribution < -0.4 is 0 Å². The van der Waals surface area contributed by atoms with Crippen LogP contribution in [-0.2, 0) is 12.2 Å². The smallest absolute Gasteiger partial charge is 0.115 e. The fraction of sp³-hybridized carbons (Fsp3) is 0.103. The van der Waals surface area contributed by atoms with Crippen LogP contribution >= 0.6 is 11.8 Å². The van der Waals surface area contributed by atoms with E-state index in [1.54, 1.807) is 11.8 Å². The third kappa shape index (κ3) is 4.10. The van der Waals surface area contributed by atoms with Crippen molar-refractivity contribution in [1.29, 1.82) is 5.26 Å². The number of allylic oxidation sites excluding steroid dienone is 1. The van der Waals surface area contributed by atoms with Crippen molar-refractivity contribution >= 4 is 23.4 Å². The van der Waals surface area contributed by atoms with E-state index < -0.39 is 0 Å². The van der Waals surface area contributed by atoms with Crippen LogP contribution in [0.1, 0.15) is 34.4 Å². The number of nitriles is 1. The highest BCUT2D eigenvalue weighted by molar-refractivity contribution is 7.98.